The van der Waals surface area contributed by atoms with E-state index in [-0.39, 0.29) is 33.9 Å². The molecule has 1 atom stereocenters. The Kier molecular flexibility index (Phi) is 6.24. The van der Waals surface area contributed by atoms with E-state index in [0.29, 0.717) is 5.02 Å². The van der Waals surface area contributed by atoms with Crippen LogP contribution in [0, 0.1) is 0 Å². The van der Waals surface area contributed by atoms with Crippen molar-refractivity contribution in [2.45, 2.75) is 13.0 Å². The summed E-state index contributed by atoms with van der Waals surface area (Å²) in [6.45, 7) is 4.97. The van der Waals surface area contributed by atoms with Crippen molar-refractivity contribution in [2.75, 3.05) is 11.9 Å². The second-order valence-corrected chi connectivity index (χ2v) is 7.27. The average Bonchev–Trinajstić information content (AvgIpc) is 2.95. The molecule has 0 saturated carbocycles. The van der Waals surface area contributed by atoms with Crippen molar-refractivity contribution in [3.63, 3.8) is 0 Å². The predicted octanol–water partition coefficient (Wildman–Crippen LogP) is 3.96. The maximum atomic E-state index is 12.5. The molecule has 7 nitrogen and oxygen atoms in total. The Balaban J connectivity index is 1.71. The first-order chi connectivity index (χ1) is 14.2. The van der Waals surface area contributed by atoms with Crippen LogP contribution in [0.1, 0.15) is 38.0 Å². The number of anilines is 1. The Morgan fingerprint density at radius 1 is 1.13 bits per heavy atom. The van der Waals surface area contributed by atoms with Gasteiger partial charge in [0.1, 0.15) is 0 Å². The molecule has 1 N–H and O–H groups in total. The van der Waals surface area contributed by atoms with Gasteiger partial charge in [-0.25, -0.2) is 4.79 Å². The number of esters is 1. The van der Waals surface area contributed by atoms with E-state index in [2.05, 4.69) is 11.9 Å². The summed E-state index contributed by atoms with van der Waals surface area (Å²) < 4.78 is 5.18. The number of benzene rings is 2. The number of nitrogens with one attached hydrogen (secondary N) is 1. The van der Waals surface area contributed by atoms with Gasteiger partial charge >= 0.3 is 5.97 Å². The Morgan fingerprint density at radius 2 is 1.83 bits per heavy atom. The van der Waals surface area contributed by atoms with Crippen molar-refractivity contribution in [3.8, 4) is 0 Å². The maximum absolute atomic E-state index is 12.5. The lowest BCUT2D eigenvalue weighted by molar-refractivity contribution is -0.123. The third-order valence-corrected chi connectivity index (χ3v) is 4.92. The highest BCUT2D eigenvalue weighted by Gasteiger charge is 2.35. The number of imide groups is 1. The van der Waals surface area contributed by atoms with Gasteiger partial charge in [0.25, 0.3) is 17.7 Å². The highest BCUT2D eigenvalue weighted by Crippen LogP contribution is 2.26. The monoisotopic (exact) mass is 446 g/mol. The van der Waals surface area contributed by atoms with E-state index >= 15 is 0 Å². The van der Waals surface area contributed by atoms with Crippen molar-refractivity contribution in [1.29, 1.82) is 0 Å². The van der Waals surface area contributed by atoms with Crippen LogP contribution in [0.15, 0.2) is 49.1 Å². The molecule has 30 heavy (non-hydrogen) atoms. The number of halogens is 2. The predicted molar refractivity (Wildman–Crippen MR) is 112 cm³/mol. The van der Waals surface area contributed by atoms with Crippen LogP contribution in [-0.2, 0) is 9.53 Å². The molecule has 154 valence electrons. The van der Waals surface area contributed by atoms with Gasteiger partial charge in [-0.1, -0.05) is 29.3 Å². The Morgan fingerprint density at radius 3 is 2.53 bits per heavy atom. The zero-order valence-electron chi connectivity index (χ0n) is 15.8. The fourth-order valence-corrected chi connectivity index (χ4v) is 3.16. The smallest absolute Gasteiger partial charge is 0.338 e. The molecular weight excluding hydrogens is 431 g/mol. The lowest BCUT2D eigenvalue weighted by Gasteiger charge is -2.14. The van der Waals surface area contributed by atoms with Crippen LogP contribution in [0.2, 0.25) is 10.0 Å². The maximum Gasteiger partial charge on any atom is 0.338 e. The molecule has 2 aromatic rings. The first kappa shape index (κ1) is 21.5. The number of rotatable bonds is 6. The molecule has 9 heteroatoms. The van der Waals surface area contributed by atoms with E-state index in [1.165, 1.54) is 43.3 Å². The van der Waals surface area contributed by atoms with Gasteiger partial charge in [-0.3, -0.25) is 19.3 Å². The van der Waals surface area contributed by atoms with Crippen LogP contribution in [0.4, 0.5) is 5.69 Å². The largest absolute Gasteiger partial charge is 0.449 e. The van der Waals surface area contributed by atoms with Crippen molar-refractivity contribution < 1.29 is 23.9 Å². The molecule has 3 amide bonds. The number of ether oxygens (including phenoxy) is 1. The van der Waals surface area contributed by atoms with E-state index in [4.69, 9.17) is 27.9 Å². The summed E-state index contributed by atoms with van der Waals surface area (Å²) in [7, 11) is 0. The number of carbonyl (C=O) groups is 4. The molecule has 1 heterocycles. The molecule has 0 radical (unpaired) electrons. The molecule has 0 saturated heterocycles. The van der Waals surface area contributed by atoms with Crippen LogP contribution < -0.4 is 5.32 Å². The van der Waals surface area contributed by atoms with Gasteiger partial charge < -0.3 is 10.1 Å². The number of carbonyl (C=O) groups excluding carboxylic acids is 4. The van der Waals surface area contributed by atoms with Crippen LogP contribution in [0.3, 0.4) is 0 Å². The topological polar surface area (TPSA) is 92.8 Å². The molecule has 2 aromatic carbocycles. The van der Waals surface area contributed by atoms with Gasteiger partial charge in [0, 0.05) is 11.6 Å². The lowest BCUT2D eigenvalue weighted by Crippen LogP contribution is -2.30. The standard InChI is InChI=1S/C21H16Cl2N2O5/c1-3-8-25-19(27)14-6-4-12(9-15(14)20(25)28)21(29)30-11(2)18(26)24-17-10-13(22)5-7-16(17)23/h3-7,9-11H,1,8H2,2H3,(H,24,26). The van der Waals surface area contributed by atoms with Crippen molar-refractivity contribution >= 4 is 52.6 Å². The fraction of sp³-hybridized carbons (Fsp3) is 0.143. The minimum atomic E-state index is -1.16. The van der Waals surface area contributed by atoms with E-state index < -0.39 is 29.8 Å². The Labute approximate surface area is 182 Å². The lowest BCUT2D eigenvalue weighted by atomic mass is 10.1. The number of nitrogens with zero attached hydrogens (tertiary/aromatic N) is 1. The highest BCUT2D eigenvalue weighted by molar-refractivity contribution is 6.35. The number of hydrogen-bond acceptors (Lipinski definition) is 5. The van der Waals surface area contributed by atoms with Gasteiger partial charge in [0.2, 0.25) is 0 Å². The normalized spacial score (nSPS) is 13.6. The van der Waals surface area contributed by atoms with Crippen LogP contribution in [0.5, 0.6) is 0 Å². The number of amides is 3. The molecule has 0 aliphatic carbocycles. The molecule has 0 bridgehead atoms. The van der Waals surface area contributed by atoms with E-state index in [0.717, 1.165) is 4.90 Å². The zero-order chi connectivity index (χ0) is 22.0. The molecule has 1 unspecified atom stereocenters. The second-order valence-electron chi connectivity index (χ2n) is 6.43. The molecule has 0 spiro atoms. The molecule has 0 fully saturated rings. The van der Waals surface area contributed by atoms with Gasteiger partial charge in [-0.05, 0) is 43.3 Å². The second kappa shape index (κ2) is 8.69. The molecular formula is C21H16Cl2N2O5. The molecule has 1 aliphatic rings. The van der Waals surface area contributed by atoms with Gasteiger partial charge in [-0.15, -0.1) is 6.58 Å². The van der Waals surface area contributed by atoms with Crippen molar-refractivity contribution in [2.24, 2.45) is 0 Å². The SMILES string of the molecule is C=CCN1C(=O)c2ccc(C(=O)OC(C)C(=O)Nc3cc(Cl)ccc3Cl)cc2C1=O. The highest BCUT2D eigenvalue weighted by atomic mass is 35.5. The minimum Gasteiger partial charge on any atom is -0.449 e. The van der Waals surface area contributed by atoms with Crippen molar-refractivity contribution in [3.05, 3.63) is 75.8 Å². The Hall–Kier alpha value is -3.16. The minimum absolute atomic E-state index is 0.0378. The summed E-state index contributed by atoms with van der Waals surface area (Å²) in [5.41, 5.74) is 0.607. The van der Waals surface area contributed by atoms with Crippen molar-refractivity contribution in [1.82, 2.24) is 4.90 Å². The average molecular weight is 447 g/mol. The van der Waals surface area contributed by atoms with Crippen LogP contribution in [-0.4, -0.2) is 41.2 Å². The molecule has 0 aromatic heterocycles. The van der Waals surface area contributed by atoms with Gasteiger partial charge in [-0.2, -0.15) is 0 Å². The summed E-state index contributed by atoms with van der Waals surface area (Å²) in [4.78, 5) is 50.4. The summed E-state index contributed by atoms with van der Waals surface area (Å²) >= 11 is 11.9. The molecule has 1 aliphatic heterocycles. The fourth-order valence-electron chi connectivity index (χ4n) is 2.82. The van der Waals surface area contributed by atoms with E-state index in [1.54, 1.807) is 6.07 Å². The summed E-state index contributed by atoms with van der Waals surface area (Å²) in [5, 5.41) is 3.19. The summed E-state index contributed by atoms with van der Waals surface area (Å²) in [6, 6.07) is 8.58. The number of fused-ring (bicyclic) bond motifs is 1. The first-order valence-corrected chi connectivity index (χ1v) is 9.56. The number of hydrogen-bond donors (Lipinski definition) is 1. The van der Waals surface area contributed by atoms with E-state index in [9.17, 15) is 19.2 Å². The zero-order valence-corrected chi connectivity index (χ0v) is 17.3. The third-order valence-electron chi connectivity index (χ3n) is 4.36. The first-order valence-electron chi connectivity index (χ1n) is 8.81. The van der Waals surface area contributed by atoms with Crippen LogP contribution in [0.25, 0.3) is 0 Å². The van der Waals surface area contributed by atoms with Gasteiger partial charge in [0.05, 0.1) is 27.4 Å². The van der Waals surface area contributed by atoms with E-state index in [1.807, 2.05) is 0 Å². The van der Waals surface area contributed by atoms with Gasteiger partial charge in [0.15, 0.2) is 6.10 Å². The summed E-state index contributed by atoms with van der Waals surface area (Å²) in [5.74, 6) is -2.41. The quantitative estimate of drug-likeness (QED) is 0.411. The Bertz CT molecular complexity index is 1080. The van der Waals surface area contributed by atoms with Crippen LogP contribution >= 0.6 is 23.2 Å². The molecule has 3 rings (SSSR count). The third kappa shape index (κ3) is 4.22. The summed E-state index contributed by atoms with van der Waals surface area (Å²) in [6.07, 6.45) is 0.277.